The Balaban J connectivity index is 0.000001000. The van der Waals surface area contributed by atoms with Crippen LogP contribution in [0.2, 0.25) is 0 Å². The Kier molecular flexibility index (Phi) is 4.66. The molecule has 2 nitrogen and oxygen atoms in total. The molecule has 0 saturated heterocycles. The van der Waals surface area contributed by atoms with Crippen LogP contribution in [-0.2, 0) is 6.54 Å². The Labute approximate surface area is 72.7 Å². The fourth-order valence-electron chi connectivity index (χ4n) is 0.851. The number of aromatic hydroxyl groups is 1. The van der Waals surface area contributed by atoms with Gasteiger partial charge in [-0.25, -0.2) is 0 Å². The summed E-state index contributed by atoms with van der Waals surface area (Å²) >= 11 is 0. The number of halogens is 1. The predicted octanol–water partition coefficient (Wildman–Crippen LogP) is 1.53. The van der Waals surface area contributed by atoms with Crippen LogP contribution in [-0.4, -0.2) is 12.2 Å². The standard InChI is InChI=1S/C8H11NO.ClH/c1-9-6-7-4-2-3-5-8(7)10;/h2-5,9-10H,6H2,1H3;1H. The third kappa shape index (κ3) is 2.78. The molecule has 1 rings (SSSR count). The molecule has 62 valence electrons. The summed E-state index contributed by atoms with van der Waals surface area (Å²) in [6, 6.07) is 7.30. The number of rotatable bonds is 2. The summed E-state index contributed by atoms with van der Waals surface area (Å²) in [5.41, 5.74) is 0.935. The molecule has 0 heterocycles. The monoisotopic (exact) mass is 173 g/mol. The second-order valence-electron chi connectivity index (χ2n) is 2.16. The van der Waals surface area contributed by atoms with E-state index in [1.165, 1.54) is 0 Å². The fraction of sp³-hybridized carbons (Fsp3) is 0.250. The lowest BCUT2D eigenvalue weighted by atomic mass is 10.2. The SMILES string of the molecule is CNCc1ccccc1O.Cl. The van der Waals surface area contributed by atoms with E-state index in [0.717, 1.165) is 5.56 Å². The molecule has 1 aromatic carbocycles. The Morgan fingerprint density at radius 1 is 1.36 bits per heavy atom. The van der Waals surface area contributed by atoms with Gasteiger partial charge in [0.2, 0.25) is 0 Å². The van der Waals surface area contributed by atoms with Crippen molar-refractivity contribution in [3.05, 3.63) is 29.8 Å². The molecule has 3 heteroatoms. The number of para-hydroxylation sites is 1. The van der Waals surface area contributed by atoms with E-state index in [0.29, 0.717) is 12.3 Å². The van der Waals surface area contributed by atoms with Crippen LogP contribution < -0.4 is 5.32 Å². The van der Waals surface area contributed by atoms with Crippen LogP contribution in [0, 0.1) is 0 Å². The average Bonchev–Trinajstić information content (AvgIpc) is 1.94. The molecule has 0 amide bonds. The molecular formula is C8H12ClNO. The van der Waals surface area contributed by atoms with E-state index in [4.69, 9.17) is 0 Å². The molecule has 0 unspecified atom stereocenters. The van der Waals surface area contributed by atoms with Crippen molar-refractivity contribution in [3.63, 3.8) is 0 Å². The lowest BCUT2D eigenvalue weighted by molar-refractivity contribution is 0.466. The van der Waals surface area contributed by atoms with Gasteiger partial charge in [0.1, 0.15) is 5.75 Å². The maximum absolute atomic E-state index is 9.20. The second-order valence-corrected chi connectivity index (χ2v) is 2.16. The zero-order chi connectivity index (χ0) is 7.40. The van der Waals surface area contributed by atoms with E-state index >= 15 is 0 Å². The van der Waals surface area contributed by atoms with Gasteiger partial charge in [0.25, 0.3) is 0 Å². The van der Waals surface area contributed by atoms with Gasteiger partial charge in [-0.2, -0.15) is 0 Å². The lowest BCUT2D eigenvalue weighted by Crippen LogP contribution is -2.04. The van der Waals surface area contributed by atoms with Crippen molar-refractivity contribution < 1.29 is 5.11 Å². The number of hydrogen-bond donors (Lipinski definition) is 2. The first kappa shape index (κ1) is 10.3. The lowest BCUT2D eigenvalue weighted by Gasteiger charge is -2.00. The molecule has 11 heavy (non-hydrogen) atoms. The quantitative estimate of drug-likeness (QED) is 0.711. The van der Waals surface area contributed by atoms with Crippen molar-refractivity contribution in [2.45, 2.75) is 6.54 Å². The minimum Gasteiger partial charge on any atom is -0.508 e. The van der Waals surface area contributed by atoms with E-state index in [2.05, 4.69) is 5.32 Å². The van der Waals surface area contributed by atoms with Crippen molar-refractivity contribution in [1.29, 1.82) is 0 Å². The molecular weight excluding hydrogens is 162 g/mol. The molecule has 0 aromatic heterocycles. The summed E-state index contributed by atoms with van der Waals surface area (Å²) in [5, 5.41) is 12.2. The highest BCUT2D eigenvalue weighted by Gasteiger charge is 1.94. The molecule has 0 aliphatic carbocycles. The highest BCUT2D eigenvalue weighted by Crippen LogP contribution is 2.14. The average molecular weight is 174 g/mol. The maximum Gasteiger partial charge on any atom is 0.120 e. The molecule has 0 atom stereocenters. The van der Waals surface area contributed by atoms with Crippen LogP contribution in [0.25, 0.3) is 0 Å². The number of phenols is 1. The minimum absolute atomic E-state index is 0. The minimum atomic E-state index is 0. The molecule has 0 spiro atoms. The van der Waals surface area contributed by atoms with Gasteiger partial charge >= 0.3 is 0 Å². The van der Waals surface area contributed by atoms with Gasteiger partial charge in [0.15, 0.2) is 0 Å². The van der Waals surface area contributed by atoms with Gasteiger partial charge < -0.3 is 10.4 Å². The molecule has 0 aliphatic heterocycles. The Hall–Kier alpha value is -0.730. The van der Waals surface area contributed by atoms with Crippen molar-refractivity contribution in [2.75, 3.05) is 7.05 Å². The first-order valence-electron chi connectivity index (χ1n) is 3.26. The Morgan fingerprint density at radius 2 is 2.00 bits per heavy atom. The smallest absolute Gasteiger partial charge is 0.120 e. The summed E-state index contributed by atoms with van der Waals surface area (Å²) in [6.45, 7) is 0.715. The van der Waals surface area contributed by atoms with Crippen LogP contribution in [0.1, 0.15) is 5.56 Å². The maximum atomic E-state index is 9.20. The second kappa shape index (κ2) is 4.99. The Bertz CT molecular complexity index is 215. The van der Waals surface area contributed by atoms with Crippen LogP contribution in [0.3, 0.4) is 0 Å². The number of benzene rings is 1. The summed E-state index contributed by atoms with van der Waals surface area (Å²) in [6.07, 6.45) is 0. The van der Waals surface area contributed by atoms with Crippen molar-refractivity contribution >= 4 is 12.4 Å². The Morgan fingerprint density at radius 3 is 2.55 bits per heavy atom. The molecule has 0 fully saturated rings. The molecule has 0 aliphatic rings. The molecule has 2 N–H and O–H groups in total. The highest BCUT2D eigenvalue weighted by molar-refractivity contribution is 5.85. The van der Waals surface area contributed by atoms with Crippen molar-refractivity contribution in [2.24, 2.45) is 0 Å². The van der Waals surface area contributed by atoms with Crippen LogP contribution in [0.4, 0.5) is 0 Å². The van der Waals surface area contributed by atoms with Crippen LogP contribution in [0.5, 0.6) is 5.75 Å². The van der Waals surface area contributed by atoms with E-state index in [1.54, 1.807) is 6.07 Å². The first-order valence-corrected chi connectivity index (χ1v) is 3.26. The third-order valence-corrected chi connectivity index (χ3v) is 1.36. The zero-order valence-corrected chi connectivity index (χ0v) is 7.19. The highest BCUT2D eigenvalue weighted by atomic mass is 35.5. The van der Waals surface area contributed by atoms with Crippen LogP contribution in [0.15, 0.2) is 24.3 Å². The van der Waals surface area contributed by atoms with Crippen molar-refractivity contribution in [3.8, 4) is 5.75 Å². The normalized spacial score (nSPS) is 8.82. The van der Waals surface area contributed by atoms with Gasteiger partial charge in [-0.15, -0.1) is 12.4 Å². The summed E-state index contributed by atoms with van der Waals surface area (Å²) in [5.74, 6) is 0.358. The largest absolute Gasteiger partial charge is 0.508 e. The van der Waals surface area contributed by atoms with E-state index in [-0.39, 0.29) is 12.4 Å². The van der Waals surface area contributed by atoms with Gasteiger partial charge in [-0.3, -0.25) is 0 Å². The van der Waals surface area contributed by atoms with E-state index in [1.807, 2.05) is 25.2 Å². The topological polar surface area (TPSA) is 32.3 Å². The molecule has 0 saturated carbocycles. The zero-order valence-electron chi connectivity index (χ0n) is 6.37. The number of nitrogens with one attached hydrogen (secondary N) is 1. The third-order valence-electron chi connectivity index (χ3n) is 1.36. The summed E-state index contributed by atoms with van der Waals surface area (Å²) < 4.78 is 0. The van der Waals surface area contributed by atoms with Gasteiger partial charge in [0, 0.05) is 12.1 Å². The molecule has 1 aromatic rings. The summed E-state index contributed by atoms with van der Waals surface area (Å²) in [4.78, 5) is 0. The summed E-state index contributed by atoms with van der Waals surface area (Å²) in [7, 11) is 1.85. The van der Waals surface area contributed by atoms with E-state index in [9.17, 15) is 5.11 Å². The number of phenolic OH excluding ortho intramolecular Hbond substituents is 1. The van der Waals surface area contributed by atoms with Crippen LogP contribution >= 0.6 is 12.4 Å². The first-order chi connectivity index (χ1) is 4.84. The molecule has 0 bridgehead atoms. The van der Waals surface area contributed by atoms with Crippen molar-refractivity contribution in [1.82, 2.24) is 5.32 Å². The number of hydrogen-bond acceptors (Lipinski definition) is 2. The fourth-order valence-corrected chi connectivity index (χ4v) is 0.851. The van der Waals surface area contributed by atoms with Gasteiger partial charge in [-0.1, -0.05) is 18.2 Å². The predicted molar refractivity (Wildman–Crippen MR) is 48.1 cm³/mol. The van der Waals surface area contributed by atoms with Gasteiger partial charge in [0.05, 0.1) is 0 Å². The van der Waals surface area contributed by atoms with Gasteiger partial charge in [-0.05, 0) is 13.1 Å². The van der Waals surface area contributed by atoms with E-state index < -0.39 is 0 Å². The molecule has 0 radical (unpaired) electrons.